The van der Waals surface area contributed by atoms with Gasteiger partial charge in [0.05, 0.1) is 11.2 Å². The minimum Gasteiger partial charge on any atom is -0.281 e. The van der Waals surface area contributed by atoms with E-state index < -0.39 is 0 Å². The normalized spacial score (nSPS) is 11.0. The summed E-state index contributed by atoms with van der Waals surface area (Å²) in [5.41, 5.74) is 6.59. The minimum atomic E-state index is 0.0152. The topological polar surface area (TPSA) is 30.0 Å². The molecule has 4 heteroatoms. The molecule has 0 spiro atoms. The smallest absolute Gasteiger partial charge is 0.224 e. The monoisotopic (exact) mass is 417 g/mol. The number of nitrogens with zero attached hydrogens (tertiary/aromatic N) is 1. The molecule has 1 aromatic heterocycles. The molecule has 0 N–H and O–H groups in total. The molecule has 1 heterocycles. The van der Waals surface area contributed by atoms with E-state index in [1.165, 1.54) is 17.3 Å². The van der Waals surface area contributed by atoms with Gasteiger partial charge in [-0.1, -0.05) is 53.1 Å². The van der Waals surface area contributed by atoms with E-state index in [1.54, 1.807) is 0 Å². The number of carbonyl (C=O) groups excluding carboxylic acids is 1. The molecule has 0 saturated heterocycles. The molecular weight excluding hydrogens is 398 g/mol. The van der Waals surface area contributed by atoms with E-state index in [1.807, 2.05) is 81.4 Å². The number of carbonyl (C=O) groups is 1. The molecule has 4 aromatic rings. The van der Waals surface area contributed by atoms with E-state index in [-0.39, 0.29) is 5.12 Å². The molecule has 0 amide bonds. The van der Waals surface area contributed by atoms with Crippen LogP contribution in [0.15, 0.2) is 71.6 Å². The first kappa shape index (κ1) is 19.7. The van der Waals surface area contributed by atoms with Crippen molar-refractivity contribution >= 4 is 39.4 Å². The van der Waals surface area contributed by atoms with Crippen LogP contribution in [0.3, 0.4) is 0 Å². The molecule has 0 aliphatic rings. The highest BCUT2D eigenvalue weighted by atomic mass is 35.5. The first-order chi connectivity index (χ1) is 13.9. The number of thioether (sulfide) groups is 1. The number of aromatic nitrogens is 1. The van der Waals surface area contributed by atoms with Crippen molar-refractivity contribution in [2.75, 3.05) is 0 Å². The van der Waals surface area contributed by atoms with Crippen LogP contribution in [-0.2, 0) is 0 Å². The van der Waals surface area contributed by atoms with E-state index in [4.69, 9.17) is 16.6 Å². The Labute approximate surface area is 179 Å². The van der Waals surface area contributed by atoms with Gasteiger partial charge in [0.2, 0.25) is 5.12 Å². The first-order valence-corrected chi connectivity index (χ1v) is 10.6. The number of hydrogen-bond donors (Lipinski definition) is 0. The van der Waals surface area contributed by atoms with Crippen molar-refractivity contribution in [1.82, 2.24) is 4.98 Å². The summed E-state index contributed by atoms with van der Waals surface area (Å²) in [6.07, 6.45) is 0. The molecule has 3 aromatic carbocycles. The highest BCUT2D eigenvalue weighted by molar-refractivity contribution is 8.14. The molecule has 0 atom stereocenters. The van der Waals surface area contributed by atoms with Crippen molar-refractivity contribution in [2.24, 2.45) is 0 Å². The van der Waals surface area contributed by atoms with Crippen molar-refractivity contribution < 1.29 is 4.79 Å². The highest BCUT2D eigenvalue weighted by Crippen LogP contribution is 2.32. The van der Waals surface area contributed by atoms with E-state index in [2.05, 4.69) is 6.07 Å². The summed E-state index contributed by atoms with van der Waals surface area (Å²) in [7, 11) is 0. The fraction of sp³-hybridized carbons (Fsp3) is 0.120. The fourth-order valence-corrected chi connectivity index (χ4v) is 4.28. The quantitative estimate of drug-likeness (QED) is 0.325. The average Bonchev–Trinajstić information content (AvgIpc) is 2.69. The van der Waals surface area contributed by atoms with Crippen LogP contribution in [0.25, 0.3) is 22.2 Å². The zero-order chi connectivity index (χ0) is 20.5. The lowest BCUT2D eigenvalue weighted by atomic mass is 10.0. The largest absolute Gasteiger partial charge is 0.281 e. The number of benzene rings is 3. The van der Waals surface area contributed by atoms with Gasteiger partial charge in [-0.05, 0) is 74.5 Å². The van der Waals surface area contributed by atoms with Crippen molar-refractivity contribution in [1.29, 1.82) is 0 Å². The minimum absolute atomic E-state index is 0.0152. The van der Waals surface area contributed by atoms with Crippen LogP contribution in [0.1, 0.15) is 27.0 Å². The van der Waals surface area contributed by atoms with Crippen LogP contribution >= 0.6 is 23.4 Å². The van der Waals surface area contributed by atoms with E-state index in [0.717, 1.165) is 38.2 Å². The van der Waals surface area contributed by atoms with Crippen LogP contribution in [0.2, 0.25) is 5.02 Å². The number of fused-ring (bicyclic) bond motifs is 1. The summed E-state index contributed by atoms with van der Waals surface area (Å²) in [6, 6.07) is 21.6. The fourth-order valence-electron chi connectivity index (χ4n) is 3.39. The van der Waals surface area contributed by atoms with Gasteiger partial charge in [-0.15, -0.1) is 0 Å². The maximum atomic E-state index is 13.3. The molecule has 0 fully saturated rings. The third kappa shape index (κ3) is 4.21. The highest BCUT2D eigenvalue weighted by Gasteiger charge is 2.17. The number of halogens is 1. The Morgan fingerprint density at radius 3 is 2.24 bits per heavy atom. The first-order valence-electron chi connectivity index (χ1n) is 9.37. The molecule has 0 aliphatic heterocycles. The lowest BCUT2D eigenvalue weighted by Crippen LogP contribution is -2.00. The Hall–Kier alpha value is -2.62. The summed E-state index contributed by atoms with van der Waals surface area (Å²) < 4.78 is 0. The Morgan fingerprint density at radius 1 is 0.862 bits per heavy atom. The van der Waals surface area contributed by atoms with Crippen molar-refractivity contribution in [2.45, 2.75) is 25.7 Å². The second kappa shape index (κ2) is 8.02. The van der Waals surface area contributed by atoms with Gasteiger partial charge in [-0.25, -0.2) is 4.98 Å². The average molecular weight is 418 g/mol. The molecule has 0 aliphatic carbocycles. The zero-order valence-corrected chi connectivity index (χ0v) is 18.1. The predicted molar refractivity (Wildman–Crippen MR) is 123 cm³/mol. The summed E-state index contributed by atoms with van der Waals surface area (Å²) in [6.45, 7) is 6.12. The Bertz CT molecular complexity index is 1210. The maximum absolute atomic E-state index is 13.3. The third-order valence-corrected chi connectivity index (χ3v) is 6.00. The molecular formula is C25H20ClNOS. The van der Waals surface area contributed by atoms with Gasteiger partial charge in [0.15, 0.2) is 0 Å². The van der Waals surface area contributed by atoms with E-state index in [0.29, 0.717) is 10.6 Å². The van der Waals surface area contributed by atoms with Gasteiger partial charge in [0, 0.05) is 26.4 Å². The second-order valence-corrected chi connectivity index (χ2v) is 8.73. The Morgan fingerprint density at radius 2 is 1.55 bits per heavy atom. The molecule has 0 bridgehead atoms. The standard InChI is InChI=1S/C25H20ClNOS/c1-15-4-10-20(11-5-15)29-25(28)22-14-23(18-6-8-19(26)9-7-18)27-24-17(3)12-16(2)13-21(22)24/h4-14H,1-3H3. The molecule has 4 rings (SSSR count). The van der Waals surface area contributed by atoms with Gasteiger partial charge >= 0.3 is 0 Å². The molecule has 29 heavy (non-hydrogen) atoms. The van der Waals surface area contributed by atoms with Gasteiger partial charge in [-0.2, -0.15) is 0 Å². The number of aryl methyl sites for hydroxylation is 3. The SMILES string of the molecule is Cc1ccc(SC(=O)c2cc(-c3ccc(Cl)cc3)nc3c(C)cc(C)cc23)cc1. The molecule has 0 saturated carbocycles. The second-order valence-electron chi connectivity index (χ2n) is 7.24. The van der Waals surface area contributed by atoms with Crippen molar-refractivity contribution in [3.8, 4) is 11.3 Å². The van der Waals surface area contributed by atoms with Crippen molar-refractivity contribution in [3.63, 3.8) is 0 Å². The van der Waals surface area contributed by atoms with Crippen LogP contribution in [-0.4, -0.2) is 10.1 Å². The van der Waals surface area contributed by atoms with Gasteiger partial charge in [-0.3, -0.25) is 4.79 Å². The van der Waals surface area contributed by atoms with Crippen molar-refractivity contribution in [3.05, 3.63) is 94.0 Å². The number of hydrogen-bond acceptors (Lipinski definition) is 3. The van der Waals surface area contributed by atoms with Crippen LogP contribution < -0.4 is 0 Å². The van der Waals surface area contributed by atoms with E-state index >= 15 is 0 Å². The maximum Gasteiger partial charge on any atom is 0.224 e. The van der Waals surface area contributed by atoms with Gasteiger partial charge in [0.25, 0.3) is 0 Å². The number of pyridine rings is 1. The lowest BCUT2D eigenvalue weighted by molar-refractivity contribution is 0.109. The zero-order valence-electron chi connectivity index (χ0n) is 16.5. The van der Waals surface area contributed by atoms with Gasteiger partial charge < -0.3 is 0 Å². The van der Waals surface area contributed by atoms with Crippen LogP contribution in [0.4, 0.5) is 0 Å². The van der Waals surface area contributed by atoms with Gasteiger partial charge in [0.1, 0.15) is 0 Å². The Kier molecular flexibility index (Phi) is 5.44. The molecule has 0 radical (unpaired) electrons. The number of rotatable bonds is 3. The molecule has 2 nitrogen and oxygen atoms in total. The summed E-state index contributed by atoms with van der Waals surface area (Å²) >= 11 is 7.29. The summed E-state index contributed by atoms with van der Waals surface area (Å²) in [4.78, 5) is 19.1. The lowest BCUT2D eigenvalue weighted by Gasteiger charge is -2.12. The summed E-state index contributed by atoms with van der Waals surface area (Å²) in [5.74, 6) is 0. The van der Waals surface area contributed by atoms with Crippen LogP contribution in [0, 0.1) is 20.8 Å². The Balaban J connectivity index is 1.86. The third-order valence-electron chi connectivity index (χ3n) is 4.84. The summed E-state index contributed by atoms with van der Waals surface area (Å²) in [5, 5.41) is 1.58. The predicted octanol–water partition coefficient (Wildman–Crippen LogP) is 7.41. The molecule has 144 valence electrons. The molecule has 0 unspecified atom stereocenters. The van der Waals surface area contributed by atoms with E-state index in [9.17, 15) is 4.79 Å². The van der Waals surface area contributed by atoms with Crippen LogP contribution in [0.5, 0.6) is 0 Å².